The van der Waals surface area contributed by atoms with Crippen molar-refractivity contribution in [3.63, 3.8) is 0 Å². The number of aryl methyl sites for hydroxylation is 1. The van der Waals surface area contributed by atoms with Gasteiger partial charge in [0.1, 0.15) is 17.7 Å². The molecule has 8 heteroatoms. The Morgan fingerprint density at radius 2 is 1.78 bits per heavy atom. The van der Waals surface area contributed by atoms with Crippen molar-refractivity contribution in [1.82, 2.24) is 19.9 Å². The van der Waals surface area contributed by atoms with Gasteiger partial charge in [-0.15, -0.1) is 0 Å². The number of anilines is 2. The van der Waals surface area contributed by atoms with E-state index in [1.54, 1.807) is 6.33 Å². The second-order valence-electron chi connectivity index (χ2n) is 10.1. The van der Waals surface area contributed by atoms with Gasteiger partial charge in [-0.2, -0.15) is 0 Å². The van der Waals surface area contributed by atoms with Gasteiger partial charge in [0.05, 0.1) is 19.3 Å². The van der Waals surface area contributed by atoms with E-state index in [0.29, 0.717) is 6.61 Å². The number of rotatable bonds is 7. The molecule has 1 atom stereocenters. The van der Waals surface area contributed by atoms with Crippen LogP contribution in [0.4, 0.5) is 11.5 Å². The van der Waals surface area contributed by atoms with Gasteiger partial charge in [-0.3, -0.25) is 4.90 Å². The summed E-state index contributed by atoms with van der Waals surface area (Å²) in [5.41, 5.74) is 6.37. The van der Waals surface area contributed by atoms with Crippen LogP contribution in [0.3, 0.4) is 0 Å². The molecule has 0 spiro atoms. The number of benzene rings is 2. The molecule has 4 heterocycles. The molecule has 0 N–H and O–H groups in total. The lowest BCUT2D eigenvalue weighted by Crippen LogP contribution is -2.46. The van der Waals surface area contributed by atoms with E-state index in [-0.39, 0.29) is 6.10 Å². The first-order chi connectivity index (χ1) is 18.1. The van der Waals surface area contributed by atoms with Crippen LogP contribution in [0.5, 0.6) is 0 Å². The fourth-order valence-electron chi connectivity index (χ4n) is 5.27. The van der Waals surface area contributed by atoms with E-state index in [2.05, 4.69) is 74.1 Å². The van der Waals surface area contributed by atoms with Gasteiger partial charge in [-0.05, 0) is 38.0 Å². The van der Waals surface area contributed by atoms with Crippen molar-refractivity contribution in [2.75, 3.05) is 49.1 Å². The summed E-state index contributed by atoms with van der Waals surface area (Å²) < 4.78 is 12.4. The molecule has 0 amide bonds. The Morgan fingerprint density at radius 1 is 0.946 bits per heavy atom. The molecule has 2 aliphatic heterocycles. The molecule has 0 aliphatic carbocycles. The largest absolute Gasteiger partial charge is 0.439 e. The monoisotopic (exact) mass is 498 g/mol. The van der Waals surface area contributed by atoms with Crippen LogP contribution in [-0.4, -0.2) is 65.2 Å². The molecule has 192 valence electrons. The molecule has 0 bridgehead atoms. The number of piperazine rings is 1. The predicted molar refractivity (Wildman–Crippen MR) is 145 cm³/mol. The highest BCUT2D eigenvalue weighted by Crippen LogP contribution is 2.28. The van der Waals surface area contributed by atoms with Crippen molar-refractivity contribution in [2.24, 2.45) is 0 Å². The summed E-state index contributed by atoms with van der Waals surface area (Å²) >= 11 is 0. The smallest absolute Gasteiger partial charge is 0.209 e. The van der Waals surface area contributed by atoms with Crippen molar-refractivity contribution in [3.05, 3.63) is 77.6 Å². The highest BCUT2D eigenvalue weighted by molar-refractivity contribution is 5.77. The zero-order chi connectivity index (χ0) is 25.2. The van der Waals surface area contributed by atoms with Gasteiger partial charge >= 0.3 is 0 Å². The maximum absolute atomic E-state index is 6.20. The SMILES string of the molecule is Cc1ncnc(N2CCN(Cc3nc4ccc(N5CC[C@@H](OCc6ccccc6)C5)cc4o3)CC2)c1C. The molecule has 2 aliphatic rings. The molecule has 2 fully saturated rings. The fourth-order valence-corrected chi connectivity index (χ4v) is 5.27. The van der Waals surface area contributed by atoms with Crippen molar-refractivity contribution >= 4 is 22.6 Å². The number of fused-ring (bicyclic) bond motifs is 1. The summed E-state index contributed by atoms with van der Waals surface area (Å²) in [6, 6.07) is 16.7. The predicted octanol–water partition coefficient (Wildman–Crippen LogP) is 4.35. The van der Waals surface area contributed by atoms with Gasteiger partial charge in [0.25, 0.3) is 0 Å². The molecule has 2 aromatic heterocycles. The quantitative estimate of drug-likeness (QED) is 0.372. The van der Waals surface area contributed by atoms with Crippen LogP contribution in [0.15, 0.2) is 59.3 Å². The van der Waals surface area contributed by atoms with Gasteiger partial charge in [0.15, 0.2) is 5.58 Å². The highest BCUT2D eigenvalue weighted by Gasteiger charge is 2.25. The molecular formula is C29H34N6O2. The minimum atomic E-state index is 0.245. The minimum Gasteiger partial charge on any atom is -0.439 e. The Hall–Kier alpha value is -3.49. The van der Waals surface area contributed by atoms with Crippen LogP contribution < -0.4 is 9.80 Å². The van der Waals surface area contributed by atoms with Gasteiger partial charge in [-0.1, -0.05) is 30.3 Å². The number of nitrogens with zero attached hydrogens (tertiary/aromatic N) is 6. The van der Waals surface area contributed by atoms with Crippen LogP contribution in [0.2, 0.25) is 0 Å². The summed E-state index contributed by atoms with van der Waals surface area (Å²) in [7, 11) is 0. The number of oxazole rings is 1. The van der Waals surface area contributed by atoms with Gasteiger partial charge in [0.2, 0.25) is 5.89 Å². The molecule has 4 aromatic rings. The topological polar surface area (TPSA) is 70.8 Å². The number of aromatic nitrogens is 3. The molecular weight excluding hydrogens is 464 g/mol. The molecule has 37 heavy (non-hydrogen) atoms. The van der Waals surface area contributed by atoms with Gasteiger partial charge in [0, 0.05) is 62.3 Å². The second-order valence-corrected chi connectivity index (χ2v) is 10.1. The summed E-state index contributed by atoms with van der Waals surface area (Å²) in [5, 5.41) is 0. The third-order valence-electron chi connectivity index (χ3n) is 7.60. The van der Waals surface area contributed by atoms with Crippen molar-refractivity contribution in [3.8, 4) is 0 Å². The van der Waals surface area contributed by atoms with E-state index in [0.717, 1.165) is 86.3 Å². The van der Waals surface area contributed by atoms with Crippen molar-refractivity contribution < 1.29 is 9.15 Å². The molecule has 0 unspecified atom stereocenters. The Kier molecular flexibility index (Phi) is 6.76. The van der Waals surface area contributed by atoms with E-state index in [1.807, 2.05) is 13.0 Å². The lowest BCUT2D eigenvalue weighted by molar-refractivity contribution is 0.0553. The fraction of sp³-hybridized carbons (Fsp3) is 0.414. The lowest BCUT2D eigenvalue weighted by atomic mass is 10.2. The lowest BCUT2D eigenvalue weighted by Gasteiger charge is -2.35. The zero-order valence-corrected chi connectivity index (χ0v) is 21.6. The minimum absolute atomic E-state index is 0.245. The van der Waals surface area contributed by atoms with E-state index in [1.165, 1.54) is 11.3 Å². The third-order valence-corrected chi connectivity index (χ3v) is 7.60. The normalized spacial score (nSPS) is 18.7. The number of ether oxygens (including phenoxy) is 1. The van der Waals surface area contributed by atoms with Gasteiger partial charge in [-0.25, -0.2) is 15.0 Å². The molecule has 6 rings (SSSR count). The average molecular weight is 499 g/mol. The zero-order valence-electron chi connectivity index (χ0n) is 21.6. The van der Waals surface area contributed by atoms with E-state index in [4.69, 9.17) is 14.1 Å². The first kappa shape index (κ1) is 23.9. The molecule has 8 nitrogen and oxygen atoms in total. The molecule has 0 radical (unpaired) electrons. The molecule has 2 aromatic carbocycles. The van der Waals surface area contributed by atoms with E-state index >= 15 is 0 Å². The van der Waals surface area contributed by atoms with E-state index in [9.17, 15) is 0 Å². The summed E-state index contributed by atoms with van der Waals surface area (Å²) in [6.07, 6.45) is 2.94. The Bertz CT molecular complexity index is 1350. The van der Waals surface area contributed by atoms with Crippen LogP contribution in [-0.2, 0) is 17.9 Å². The third kappa shape index (κ3) is 5.31. The van der Waals surface area contributed by atoms with Crippen LogP contribution in [0.1, 0.15) is 29.1 Å². The Balaban J connectivity index is 1.04. The number of hydrogen-bond acceptors (Lipinski definition) is 8. The summed E-state index contributed by atoms with van der Waals surface area (Å²) in [4.78, 5) is 20.7. The van der Waals surface area contributed by atoms with Crippen LogP contribution in [0, 0.1) is 13.8 Å². The standard InChI is InChI=1S/C29H34N6O2/c1-21-22(2)30-20-31-29(21)34-14-12-33(13-15-34)18-28-32-26-9-8-24(16-27(26)37-28)35-11-10-25(17-35)36-19-23-6-4-3-5-7-23/h3-9,16,20,25H,10-15,17-19H2,1-2H3/t25-/m1/s1. The van der Waals surface area contributed by atoms with E-state index < -0.39 is 0 Å². The molecule has 0 saturated carbocycles. The van der Waals surface area contributed by atoms with Gasteiger partial charge < -0.3 is 19.0 Å². The first-order valence-corrected chi connectivity index (χ1v) is 13.2. The number of hydrogen-bond donors (Lipinski definition) is 0. The maximum Gasteiger partial charge on any atom is 0.209 e. The summed E-state index contributed by atoms with van der Waals surface area (Å²) in [6.45, 7) is 11.2. The molecule has 2 saturated heterocycles. The van der Waals surface area contributed by atoms with Crippen molar-refractivity contribution in [2.45, 2.75) is 39.5 Å². The van der Waals surface area contributed by atoms with Crippen LogP contribution in [0.25, 0.3) is 11.1 Å². The van der Waals surface area contributed by atoms with Crippen molar-refractivity contribution in [1.29, 1.82) is 0 Å². The highest BCUT2D eigenvalue weighted by atomic mass is 16.5. The Labute approximate surface area is 217 Å². The first-order valence-electron chi connectivity index (χ1n) is 13.2. The summed E-state index contributed by atoms with van der Waals surface area (Å²) in [5.74, 6) is 1.83. The van der Waals surface area contributed by atoms with Crippen LogP contribution >= 0.6 is 0 Å². The Morgan fingerprint density at radius 3 is 2.62 bits per heavy atom. The maximum atomic E-state index is 6.20. The average Bonchev–Trinajstić information content (AvgIpc) is 3.56. The second kappa shape index (κ2) is 10.5.